The van der Waals surface area contributed by atoms with Crippen LogP contribution < -0.4 is 11.1 Å². The van der Waals surface area contributed by atoms with Crippen molar-refractivity contribution in [3.05, 3.63) is 18.2 Å². The first kappa shape index (κ1) is 15.5. The molecule has 1 atom stereocenters. The maximum Gasteiger partial charge on any atom is 0.241 e. The number of sulfone groups is 1. The Morgan fingerprint density at radius 1 is 1.47 bits per heavy atom. The Hall–Kier alpha value is -1.60. The first-order valence-corrected chi connectivity index (χ1v) is 7.74. The SMILES string of the molecule is CCC[C@H](N)C(=O)Nc1cc(S(C)(=O)=O)ccc1O. The van der Waals surface area contributed by atoms with Gasteiger partial charge < -0.3 is 16.2 Å². The molecular formula is C12H18N2O4S. The lowest BCUT2D eigenvalue weighted by Crippen LogP contribution is -2.35. The average Bonchev–Trinajstić information content (AvgIpc) is 2.30. The predicted molar refractivity (Wildman–Crippen MR) is 72.7 cm³/mol. The number of phenols is 1. The van der Waals surface area contributed by atoms with Crippen LogP contribution in [0.4, 0.5) is 5.69 Å². The van der Waals surface area contributed by atoms with Crippen molar-refractivity contribution < 1.29 is 18.3 Å². The van der Waals surface area contributed by atoms with Gasteiger partial charge in [0.2, 0.25) is 5.91 Å². The van der Waals surface area contributed by atoms with Gasteiger partial charge in [0.25, 0.3) is 0 Å². The Kier molecular flexibility index (Phi) is 4.90. The summed E-state index contributed by atoms with van der Waals surface area (Å²) in [5.74, 6) is -0.660. The van der Waals surface area contributed by atoms with E-state index in [-0.39, 0.29) is 16.3 Å². The van der Waals surface area contributed by atoms with Gasteiger partial charge in [-0.25, -0.2) is 8.42 Å². The summed E-state index contributed by atoms with van der Waals surface area (Å²) >= 11 is 0. The fourth-order valence-corrected chi connectivity index (χ4v) is 2.16. The lowest BCUT2D eigenvalue weighted by molar-refractivity contribution is -0.117. The fourth-order valence-electron chi connectivity index (χ4n) is 1.51. The van der Waals surface area contributed by atoms with Crippen LogP contribution in [0.25, 0.3) is 0 Å². The summed E-state index contributed by atoms with van der Waals surface area (Å²) in [5, 5.41) is 12.0. The molecular weight excluding hydrogens is 268 g/mol. The number of hydrogen-bond acceptors (Lipinski definition) is 5. The molecule has 0 aliphatic heterocycles. The van der Waals surface area contributed by atoms with E-state index in [1.54, 1.807) is 0 Å². The number of carbonyl (C=O) groups is 1. The normalized spacial score (nSPS) is 13.0. The van der Waals surface area contributed by atoms with Gasteiger partial charge in [-0.05, 0) is 24.6 Å². The Morgan fingerprint density at radius 3 is 2.63 bits per heavy atom. The molecule has 1 aromatic carbocycles. The number of carbonyl (C=O) groups excluding carboxylic acids is 1. The van der Waals surface area contributed by atoms with Gasteiger partial charge in [-0.1, -0.05) is 13.3 Å². The molecule has 0 spiro atoms. The smallest absolute Gasteiger partial charge is 0.241 e. The van der Waals surface area contributed by atoms with Gasteiger partial charge in [0.05, 0.1) is 16.6 Å². The molecule has 0 aromatic heterocycles. The first-order valence-electron chi connectivity index (χ1n) is 5.85. The average molecular weight is 286 g/mol. The van der Waals surface area contributed by atoms with Crippen LogP contribution >= 0.6 is 0 Å². The van der Waals surface area contributed by atoms with Crippen LogP contribution in [0.2, 0.25) is 0 Å². The number of rotatable bonds is 5. The highest BCUT2D eigenvalue weighted by atomic mass is 32.2. The van der Waals surface area contributed by atoms with Gasteiger partial charge in [0.1, 0.15) is 5.75 Å². The lowest BCUT2D eigenvalue weighted by atomic mass is 10.1. The van der Waals surface area contributed by atoms with Crippen LogP contribution in [-0.2, 0) is 14.6 Å². The minimum Gasteiger partial charge on any atom is -0.506 e. The van der Waals surface area contributed by atoms with E-state index in [1.165, 1.54) is 18.2 Å². The van der Waals surface area contributed by atoms with Gasteiger partial charge in [-0.3, -0.25) is 4.79 Å². The number of hydrogen-bond donors (Lipinski definition) is 3. The number of benzene rings is 1. The van der Waals surface area contributed by atoms with Crippen LogP contribution in [0.5, 0.6) is 5.75 Å². The van der Waals surface area contributed by atoms with Gasteiger partial charge in [-0.2, -0.15) is 0 Å². The standard InChI is InChI=1S/C12H18N2O4S/c1-3-4-9(13)12(16)14-10-7-8(19(2,17)18)5-6-11(10)15/h5-7,9,15H,3-4,13H2,1-2H3,(H,14,16)/t9-/m0/s1. The van der Waals surface area contributed by atoms with E-state index in [0.717, 1.165) is 12.7 Å². The van der Waals surface area contributed by atoms with Crippen LogP contribution in [-0.4, -0.2) is 31.7 Å². The van der Waals surface area contributed by atoms with Crippen LogP contribution in [0, 0.1) is 0 Å². The number of aromatic hydroxyl groups is 1. The summed E-state index contributed by atoms with van der Waals surface area (Å²) in [7, 11) is -3.40. The summed E-state index contributed by atoms with van der Waals surface area (Å²) in [6.07, 6.45) is 2.32. The summed E-state index contributed by atoms with van der Waals surface area (Å²) < 4.78 is 22.8. The number of nitrogens with one attached hydrogen (secondary N) is 1. The molecule has 0 aliphatic carbocycles. The third-order valence-electron chi connectivity index (χ3n) is 2.59. The highest BCUT2D eigenvalue weighted by molar-refractivity contribution is 7.90. The van der Waals surface area contributed by atoms with E-state index < -0.39 is 21.8 Å². The zero-order valence-corrected chi connectivity index (χ0v) is 11.7. The van der Waals surface area contributed by atoms with Crippen molar-refractivity contribution in [2.75, 3.05) is 11.6 Å². The molecule has 6 nitrogen and oxygen atoms in total. The highest BCUT2D eigenvalue weighted by Gasteiger charge is 2.16. The molecule has 1 aromatic rings. The molecule has 7 heteroatoms. The Bertz CT molecular complexity index is 569. The van der Waals surface area contributed by atoms with Gasteiger partial charge in [0, 0.05) is 6.26 Å². The van der Waals surface area contributed by atoms with Crippen molar-refractivity contribution in [2.24, 2.45) is 5.73 Å². The Labute approximate surface area is 112 Å². The minimum atomic E-state index is -3.40. The quantitative estimate of drug-likeness (QED) is 0.695. The molecule has 0 bridgehead atoms. The third-order valence-corrected chi connectivity index (χ3v) is 3.70. The summed E-state index contributed by atoms with van der Waals surface area (Å²) in [5.41, 5.74) is 5.68. The number of anilines is 1. The lowest BCUT2D eigenvalue weighted by Gasteiger charge is -2.13. The largest absolute Gasteiger partial charge is 0.506 e. The zero-order chi connectivity index (χ0) is 14.6. The van der Waals surface area contributed by atoms with E-state index in [9.17, 15) is 18.3 Å². The molecule has 0 fully saturated rings. The van der Waals surface area contributed by atoms with E-state index in [0.29, 0.717) is 6.42 Å². The monoisotopic (exact) mass is 286 g/mol. The van der Waals surface area contributed by atoms with E-state index in [1.807, 2.05) is 6.92 Å². The molecule has 0 aliphatic rings. The van der Waals surface area contributed by atoms with E-state index in [4.69, 9.17) is 5.73 Å². The third kappa shape index (κ3) is 4.22. The molecule has 0 unspecified atom stereocenters. The van der Waals surface area contributed by atoms with Crippen LogP contribution in [0.1, 0.15) is 19.8 Å². The van der Waals surface area contributed by atoms with Crippen LogP contribution in [0.3, 0.4) is 0 Å². The topological polar surface area (TPSA) is 109 Å². The molecule has 19 heavy (non-hydrogen) atoms. The molecule has 1 amide bonds. The second-order valence-electron chi connectivity index (χ2n) is 4.34. The van der Waals surface area contributed by atoms with Crippen molar-refractivity contribution in [3.8, 4) is 5.75 Å². The molecule has 0 heterocycles. The van der Waals surface area contributed by atoms with Gasteiger partial charge >= 0.3 is 0 Å². The molecule has 4 N–H and O–H groups in total. The highest BCUT2D eigenvalue weighted by Crippen LogP contribution is 2.26. The van der Waals surface area contributed by atoms with Crippen LogP contribution in [0.15, 0.2) is 23.1 Å². The van der Waals surface area contributed by atoms with Crippen molar-refractivity contribution >= 4 is 21.4 Å². The molecule has 0 radical (unpaired) electrons. The molecule has 1 rings (SSSR count). The Balaban J connectivity index is 2.98. The maximum absolute atomic E-state index is 11.7. The predicted octanol–water partition coefficient (Wildman–Crippen LogP) is 0.862. The summed E-state index contributed by atoms with van der Waals surface area (Å²) in [4.78, 5) is 11.7. The summed E-state index contributed by atoms with van der Waals surface area (Å²) in [6, 6.07) is 3.01. The Morgan fingerprint density at radius 2 is 2.11 bits per heavy atom. The molecule has 106 valence electrons. The number of phenolic OH excluding ortho intramolecular Hbond substituents is 1. The number of amides is 1. The zero-order valence-electron chi connectivity index (χ0n) is 10.9. The van der Waals surface area contributed by atoms with Crippen molar-refractivity contribution in [1.82, 2.24) is 0 Å². The second kappa shape index (κ2) is 6.03. The second-order valence-corrected chi connectivity index (χ2v) is 6.35. The number of nitrogens with two attached hydrogens (primary N) is 1. The first-order chi connectivity index (χ1) is 8.75. The molecule has 0 saturated heterocycles. The van der Waals surface area contributed by atoms with Crippen molar-refractivity contribution in [3.63, 3.8) is 0 Å². The van der Waals surface area contributed by atoms with E-state index in [2.05, 4.69) is 5.32 Å². The molecule has 0 saturated carbocycles. The maximum atomic E-state index is 11.7. The van der Waals surface area contributed by atoms with E-state index >= 15 is 0 Å². The summed E-state index contributed by atoms with van der Waals surface area (Å²) in [6.45, 7) is 1.90. The van der Waals surface area contributed by atoms with Crippen molar-refractivity contribution in [2.45, 2.75) is 30.7 Å². The minimum absolute atomic E-state index is 0.0182. The fraction of sp³-hybridized carbons (Fsp3) is 0.417. The van der Waals surface area contributed by atoms with Crippen molar-refractivity contribution in [1.29, 1.82) is 0 Å². The van der Waals surface area contributed by atoms with Gasteiger partial charge in [-0.15, -0.1) is 0 Å². The van der Waals surface area contributed by atoms with Gasteiger partial charge in [0.15, 0.2) is 9.84 Å².